The summed E-state index contributed by atoms with van der Waals surface area (Å²) in [7, 11) is 0. The highest BCUT2D eigenvalue weighted by molar-refractivity contribution is 8.01. The molecule has 0 unspecified atom stereocenters. The minimum Gasteiger partial charge on any atom is -0.347 e. The molecule has 1 heterocycles. The van der Waals surface area contributed by atoms with Crippen LogP contribution >= 0.6 is 11.8 Å². The summed E-state index contributed by atoms with van der Waals surface area (Å²) in [5.41, 5.74) is 1.65. The second kappa shape index (κ2) is 6.14. The Morgan fingerprint density at radius 3 is 2.29 bits per heavy atom. The topological polar surface area (TPSA) is 46.2 Å². The molecule has 3 rings (SSSR count). The van der Waals surface area contributed by atoms with E-state index in [2.05, 4.69) is 5.32 Å². The monoisotopic (exact) mass is 297 g/mol. The molecule has 2 aromatic rings. The van der Waals surface area contributed by atoms with E-state index in [0.29, 0.717) is 11.3 Å². The molecule has 0 aromatic heterocycles. The molecule has 106 valence electrons. The SMILES string of the molecule is O=C1CS[C@@H](C(=O)c2ccccc2)[C@H](c2ccccc2)N1. The first-order chi connectivity index (χ1) is 10.3. The predicted octanol–water partition coefficient (Wildman–Crippen LogP) is 2.84. The molecule has 1 aliphatic rings. The van der Waals surface area contributed by atoms with Crippen molar-refractivity contribution >= 4 is 23.5 Å². The molecule has 2 atom stereocenters. The van der Waals surface area contributed by atoms with Crippen molar-refractivity contribution in [3.05, 3.63) is 71.8 Å². The van der Waals surface area contributed by atoms with Gasteiger partial charge in [0.2, 0.25) is 5.91 Å². The van der Waals surface area contributed by atoms with Gasteiger partial charge in [0.1, 0.15) is 0 Å². The molecule has 0 radical (unpaired) electrons. The van der Waals surface area contributed by atoms with Gasteiger partial charge in [0, 0.05) is 5.56 Å². The van der Waals surface area contributed by atoms with Crippen LogP contribution in [0.1, 0.15) is 22.0 Å². The van der Waals surface area contributed by atoms with Gasteiger partial charge in [-0.1, -0.05) is 60.7 Å². The van der Waals surface area contributed by atoms with Gasteiger partial charge in [0.25, 0.3) is 0 Å². The molecule has 2 aromatic carbocycles. The lowest BCUT2D eigenvalue weighted by atomic mass is 9.97. The quantitative estimate of drug-likeness (QED) is 0.886. The molecule has 0 saturated carbocycles. The van der Waals surface area contributed by atoms with Gasteiger partial charge in [0.15, 0.2) is 5.78 Å². The lowest BCUT2D eigenvalue weighted by Gasteiger charge is -2.31. The van der Waals surface area contributed by atoms with E-state index < -0.39 is 0 Å². The number of hydrogen-bond acceptors (Lipinski definition) is 3. The van der Waals surface area contributed by atoms with Crippen molar-refractivity contribution in [3.63, 3.8) is 0 Å². The van der Waals surface area contributed by atoms with Crippen LogP contribution in [0.25, 0.3) is 0 Å². The largest absolute Gasteiger partial charge is 0.347 e. The molecule has 0 spiro atoms. The number of nitrogens with one attached hydrogen (secondary N) is 1. The summed E-state index contributed by atoms with van der Waals surface area (Å²) in [5, 5.41) is 2.67. The molecule has 1 N–H and O–H groups in total. The predicted molar refractivity (Wildman–Crippen MR) is 84.3 cm³/mol. The number of rotatable bonds is 3. The van der Waals surface area contributed by atoms with Crippen LogP contribution in [0.2, 0.25) is 0 Å². The lowest BCUT2D eigenvalue weighted by molar-refractivity contribution is -0.119. The van der Waals surface area contributed by atoms with Crippen LogP contribution < -0.4 is 5.32 Å². The first kappa shape index (κ1) is 13.9. The molecule has 1 saturated heterocycles. The third-order valence-electron chi connectivity index (χ3n) is 3.49. The highest BCUT2D eigenvalue weighted by Crippen LogP contribution is 2.32. The van der Waals surface area contributed by atoms with E-state index in [1.54, 1.807) is 0 Å². The summed E-state index contributed by atoms with van der Waals surface area (Å²) in [6.07, 6.45) is 0. The Hall–Kier alpha value is -2.07. The fourth-order valence-electron chi connectivity index (χ4n) is 2.46. The second-order valence-corrected chi connectivity index (χ2v) is 6.05. The van der Waals surface area contributed by atoms with Gasteiger partial charge >= 0.3 is 0 Å². The normalized spacial score (nSPS) is 21.6. The van der Waals surface area contributed by atoms with Crippen molar-refractivity contribution < 1.29 is 9.59 Å². The van der Waals surface area contributed by atoms with E-state index in [-0.39, 0.29) is 23.0 Å². The third-order valence-corrected chi connectivity index (χ3v) is 4.76. The van der Waals surface area contributed by atoms with Crippen molar-refractivity contribution in [2.45, 2.75) is 11.3 Å². The van der Waals surface area contributed by atoms with Gasteiger partial charge in [-0.3, -0.25) is 9.59 Å². The number of Topliss-reactive ketones (excluding diaryl/α,β-unsaturated/α-hetero) is 1. The lowest BCUT2D eigenvalue weighted by Crippen LogP contribution is -2.44. The summed E-state index contributed by atoms with van der Waals surface area (Å²) in [5.74, 6) is 0.368. The number of carbonyl (C=O) groups excluding carboxylic acids is 2. The van der Waals surface area contributed by atoms with Crippen molar-refractivity contribution in [1.82, 2.24) is 5.32 Å². The number of thioether (sulfide) groups is 1. The third kappa shape index (κ3) is 3.00. The Balaban J connectivity index is 1.91. The van der Waals surface area contributed by atoms with Gasteiger partial charge in [-0.25, -0.2) is 0 Å². The molecule has 1 amide bonds. The maximum absolute atomic E-state index is 12.7. The molecular formula is C17H15NO2S. The summed E-state index contributed by atoms with van der Waals surface area (Å²) in [6, 6.07) is 18.6. The number of carbonyl (C=O) groups is 2. The van der Waals surface area contributed by atoms with Crippen LogP contribution in [0.15, 0.2) is 60.7 Å². The molecule has 0 bridgehead atoms. The summed E-state index contributed by atoms with van der Waals surface area (Å²) >= 11 is 1.42. The highest BCUT2D eigenvalue weighted by atomic mass is 32.2. The number of ketones is 1. The Morgan fingerprint density at radius 2 is 1.62 bits per heavy atom. The van der Waals surface area contributed by atoms with E-state index in [9.17, 15) is 9.59 Å². The molecule has 3 nitrogen and oxygen atoms in total. The fourth-order valence-corrected chi connectivity index (χ4v) is 3.58. The maximum atomic E-state index is 12.7. The summed E-state index contributed by atoms with van der Waals surface area (Å²) in [6.45, 7) is 0. The maximum Gasteiger partial charge on any atom is 0.230 e. The zero-order valence-electron chi connectivity index (χ0n) is 11.4. The van der Waals surface area contributed by atoms with E-state index in [1.807, 2.05) is 60.7 Å². The van der Waals surface area contributed by atoms with Crippen LogP contribution in [0.5, 0.6) is 0 Å². The molecule has 4 heteroatoms. The van der Waals surface area contributed by atoms with E-state index >= 15 is 0 Å². The van der Waals surface area contributed by atoms with Gasteiger partial charge in [0.05, 0.1) is 17.0 Å². The van der Waals surface area contributed by atoms with E-state index in [0.717, 1.165) is 5.56 Å². The van der Waals surface area contributed by atoms with Crippen molar-refractivity contribution in [2.75, 3.05) is 5.75 Å². The average molecular weight is 297 g/mol. The first-order valence-corrected chi connectivity index (χ1v) is 7.86. The molecular weight excluding hydrogens is 282 g/mol. The number of benzene rings is 2. The Morgan fingerprint density at radius 1 is 1.00 bits per heavy atom. The molecule has 0 aliphatic carbocycles. The molecule has 1 aliphatic heterocycles. The Kier molecular flexibility index (Phi) is 4.06. The zero-order chi connectivity index (χ0) is 14.7. The van der Waals surface area contributed by atoms with Crippen LogP contribution in [0.4, 0.5) is 0 Å². The van der Waals surface area contributed by atoms with Crippen molar-refractivity contribution in [2.24, 2.45) is 0 Å². The van der Waals surface area contributed by atoms with Crippen LogP contribution in [-0.2, 0) is 4.79 Å². The minimum absolute atomic E-state index is 0.0223. The number of hydrogen-bond donors (Lipinski definition) is 1. The molecule has 21 heavy (non-hydrogen) atoms. The minimum atomic E-state index is -0.285. The van der Waals surface area contributed by atoms with Gasteiger partial charge in [-0.15, -0.1) is 11.8 Å². The highest BCUT2D eigenvalue weighted by Gasteiger charge is 2.35. The van der Waals surface area contributed by atoms with Gasteiger partial charge in [-0.05, 0) is 5.56 Å². The van der Waals surface area contributed by atoms with Crippen molar-refractivity contribution in [3.8, 4) is 0 Å². The fraction of sp³-hybridized carbons (Fsp3) is 0.176. The first-order valence-electron chi connectivity index (χ1n) is 6.81. The smallest absolute Gasteiger partial charge is 0.230 e. The van der Waals surface area contributed by atoms with Crippen LogP contribution in [-0.4, -0.2) is 22.7 Å². The van der Waals surface area contributed by atoms with E-state index in [1.165, 1.54) is 11.8 Å². The van der Waals surface area contributed by atoms with Crippen molar-refractivity contribution in [1.29, 1.82) is 0 Å². The van der Waals surface area contributed by atoms with Crippen LogP contribution in [0, 0.1) is 0 Å². The number of amides is 1. The molecule has 1 fully saturated rings. The van der Waals surface area contributed by atoms with Gasteiger partial charge < -0.3 is 5.32 Å². The second-order valence-electron chi connectivity index (χ2n) is 4.92. The Bertz CT molecular complexity index is 642. The zero-order valence-corrected chi connectivity index (χ0v) is 12.2. The van der Waals surface area contributed by atoms with Gasteiger partial charge in [-0.2, -0.15) is 0 Å². The summed E-state index contributed by atoms with van der Waals surface area (Å²) < 4.78 is 0. The average Bonchev–Trinajstić information content (AvgIpc) is 2.56. The standard InChI is InChI=1S/C17H15NO2S/c19-14-11-21-17(16(20)13-9-5-2-6-10-13)15(18-14)12-7-3-1-4-8-12/h1-10,15,17H,11H2,(H,18,19)/t15-,17+/m0/s1. The van der Waals surface area contributed by atoms with E-state index in [4.69, 9.17) is 0 Å². The summed E-state index contributed by atoms with van der Waals surface area (Å²) in [4.78, 5) is 24.4. The Labute approximate surface area is 127 Å². The van der Waals surface area contributed by atoms with Crippen LogP contribution in [0.3, 0.4) is 0 Å².